The van der Waals surface area contributed by atoms with E-state index in [0.717, 1.165) is 12.1 Å². The molecule has 1 atom stereocenters. The van der Waals surface area contributed by atoms with Gasteiger partial charge >= 0.3 is 0 Å². The number of hydrogen-bond donors (Lipinski definition) is 2. The van der Waals surface area contributed by atoms with Crippen molar-refractivity contribution < 1.29 is 9.18 Å². The molecule has 0 bridgehead atoms. The summed E-state index contributed by atoms with van der Waals surface area (Å²) in [5.74, 6) is -0.0307. The third kappa shape index (κ3) is 4.85. The molecule has 0 aliphatic rings. The van der Waals surface area contributed by atoms with Crippen LogP contribution in [0.3, 0.4) is 0 Å². The average molecular weight is 418 g/mol. The summed E-state index contributed by atoms with van der Waals surface area (Å²) in [6.07, 6.45) is 3.68. The molecule has 0 aliphatic carbocycles. The Morgan fingerprint density at radius 1 is 1.19 bits per heavy atom. The smallest absolute Gasteiger partial charge is 0.228 e. The number of anilines is 2. The predicted molar refractivity (Wildman–Crippen MR) is 118 cm³/mol. The van der Waals surface area contributed by atoms with Gasteiger partial charge in [-0.05, 0) is 37.6 Å². The van der Waals surface area contributed by atoms with Crippen LogP contribution in [0.15, 0.2) is 60.9 Å². The van der Waals surface area contributed by atoms with Crippen LogP contribution in [-0.4, -0.2) is 25.7 Å². The fourth-order valence-corrected chi connectivity index (χ4v) is 3.32. The predicted octanol–water partition coefficient (Wildman–Crippen LogP) is 4.34. The maximum atomic E-state index is 14.5. The van der Waals surface area contributed by atoms with Crippen molar-refractivity contribution >= 4 is 28.6 Å². The molecule has 0 saturated heterocycles. The van der Waals surface area contributed by atoms with E-state index in [1.807, 2.05) is 50.4 Å². The highest BCUT2D eigenvalue weighted by Gasteiger charge is 2.15. The van der Waals surface area contributed by atoms with E-state index in [1.54, 1.807) is 23.0 Å². The minimum Gasteiger partial charge on any atom is -0.362 e. The molecule has 8 heteroatoms. The van der Waals surface area contributed by atoms with Crippen LogP contribution in [-0.2, 0) is 17.8 Å². The van der Waals surface area contributed by atoms with E-state index in [4.69, 9.17) is 0 Å². The Labute approximate surface area is 179 Å². The van der Waals surface area contributed by atoms with Crippen molar-refractivity contribution in [1.82, 2.24) is 19.7 Å². The minimum absolute atomic E-state index is 0.160. The van der Waals surface area contributed by atoms with Crippen molar-refractivity contribution in [1.29, 1.82) is 0 Å². The van der Waals surface area contributed by atoms with Crippen molar-refractivity contribution in [2.24, 2.45) is 0 Å². The minimum atomic E-state index is -0.397. The number of carbonyl (C=O) groups is 1. The van der Waals surface area contributed by atoms with Crippen LogP contribution in [0, 0.1) is 5.82 Å². The summed E-state index contributed by atoms with van der Waals surface area (Å²) in [4.78, 5) is 21.2. The number of amides is 1. The van der Waals surface area contributed by atoms with Crippen LogP contribution in [0.1, 0.15) is 31.0 Å². The fraction of sp³-hybridized carbons (Fsp3) is 0.217. The average Bonchev–Trinajstić information content (AvgIpc) is 3.18. The highest BCUT2D eigenvalue weighted by molar-refractivity contribution is 5.92. The van der Waals surface area contributed by atoms with Gasteiger partial charge in [0.2, 0.25) is 11.6 Å². The Bertz CT molecular complexity index is 1210. The van der Waals surface area contributed by atoms with E-state index in [9.17, 15) is 9.18 Å². The number of halogens is 1. The van der Waals surface area contributed by atoms with Gasteiger partial charge in [-0.15, -0.1) is 0 Å². The van der Waals surface area contributed by atoms with E-state index >= 15 is 0 Å². The first-order valence-corrected chi connectivity index (χ1v) is 10.1. The van der Waals surface area contributed by atoms with Crippen LogP contribution in [0.5, 0.6) is 0 Å². The normalized spacial score (nSPS) is 12.0. The summed E-state index contributed by atoms with van der Waals surface area (Å²) in [6, 6.07) is 13.6. The zero-order valence-corrected chi connectivity index (χ0v) is 17.3. The second-order valence-corrected chi connectivity index (χ2v) is 7.26. The molecule has 4 rings (SSSR count). The molecule has 7 nitrogen and oxygen atoms in total. The molecule has 0 spiro atoms. The van der Waals surface area contributed by atoms with Crippen molar-refractivity contribution in [3.8, 4) is 0 Å². The summed E-state index contributed by atoms with van der Waals surface area (Å²) < 4.78 is 16.3. The third-order valence-corrected chi connectivity index (χ3v) is 4.92. The number of aryl methyl sites for hydroxylation is 1. The number of carbonyl (C=O) groups excluding carboxylic acids is 1. The zero-order chi connectivity index (χ0) is 21.8. The Hall–Kier alpha value is -3.81. The summed E-state index contributed by atoms with van der Waals surface area (Å²) >= 11 is 0. The van der Waals surface area contributed by atoms with Gasteiger partial charge < -0.3 is 10.6 Å². The van der Waals surface area contributed by atoms with E-state index < -0.39 is 6.04 Å². The number of fused-ring (bicyclic) bond motifs is 1. The summed E-state index contributed by atoms with van der Waals surface area (Å²) in [7, 11) is 0. The van der Waals surface area contributed by atoms with Crippen molar-refractivity contribution in [3.63, 3.8) is 0 Å². The molecule has 0 unspecified atom stereocenters. The highest BCUT2D eigenvalue weighted by atomic mass is 19.1. The van der Waals surface area contributed by atoms with E-state index in [2.05, 4.69) is 25.7 Å². The first kappa shape index (κ1) is 20.5. The molecule has 31 heavy (non-hydrogen) atoms. The lowest BCUT2D eigenvalue weighted by Crippen LogP contribution is -2.15. The van der Waals surface area contributed by atoms with Gasteiger partial charge in [0.15, 0.2) is 0 Å². The maximum Gasteiger partial charge on any atom is 0.228 e. The van der Waals surface area contributed by atoms with Crippen LogP contribution in [0.2, 0.25) is 0 Å². The summed E-state index contributed by atoms with van der Waals surface area (Å²) in [5, 5.41) is 10.4. The topological polar surface area (TPSA) is 84.7 Å². The number of benzene rings is 2. The third-order valence-electron chi connectivity index (χ3n) is 4.92. The molecule has 0 aliphatic heterocycles. The quantitative estimate of drug-likeness (QED) is 0.466. The SMILES string of the molecule is CCn1cc2ncc(N[C@@H](C)c3cc(NC(=O)Cc4ccccc4)ccc3F)nc2n1. The zero-order valence-electron chi connectivity index (χ0n) is 17.3. The summed E-state index contributed by atoms with van der Waals surface area (Å²) in [5.41, 5.74) is 3.10. The van der Waals surface area contributed by atoms with Gasteiger partial charge in [-0.1, -0.05) is 30.3 Å². The van der Waals surface area contributed by atoms with Crippen LogP contribution >= 0.6 is 0 Å². The lowest BCUT2D eigenvalue weighted by Gasteiger charge is -2.17. The van der Waals surface area contributed by atoms with Gasteiger partial charge in [-0.3, -0.25) is 9.48 Å². The van der Waals surface area contributed by atoms with Gasteiger partial charge in [0.05, 0.1) is 24.9 Å². The lowest BCUT2D eigenvalue weighted by molar-refractivity contribution is -0.115. The molecule has 2 heterocycles. The highest BCUT2D eigenvalue weighted by Crippen LogP contribution is 2.24. The lowest BCUT2D eigenvalue weighted by atomic mass is 10.1. The number of rotatable bonds is 7. The van der Waals surface area contributed by atoms with Gasteiger partial charge in [0, 0.05) is 17.8 Å². The molecule has 2 aromatic carbocycles. The molecule has 0 radical (unpaired) electrons. The van der Waals surface area contributed by atoms with E-state index in [-0.39, 0.29) is 18.1 Å². The second-order valence-electron chi connectivity index (χ2n) is 7.26. The standard InChI is InChI=1S/C23H23FN6O/c1-3-30-14-20-23(29-30)28-21(13-25-20)26-15(2)18-12-17(9-10-19(18)24)27-22(31)11-16-7-5-4-6-8-16/h4-10,12-15H,3,11H2,1-2H3,(H,27,31)(H,26,28,29)/t15-/m0/s1. The molecule has 158 valence electrons. The van der Waals surface area contributed by atoms with Crippen molar-refractivity contribution in [3.05, 3.63) is 77.9 Å². The molecule has 2 N–H and O–H groups in total. The molecular weight excluding hydrogens is 395 g/mol. The number of aromatic nitrogens is 4. The van der Waals surface area contributed by atoms with Gasteiger partial charge in [-0.25, -0.2) is 14.4 Å². The van der Waals surface area contributed by atoms with Gasteiger partial charge in [-0.2, -0.15) is 5.10 Å². The molecule has 0 fully saturated rings. The second kappa shape index (κ2) is 8.91. The largest absolute Gasteiger partial charge is 0.362 e. The van der Waals surface area contributed by atoms with Crippen molar-refractivity contribution in [2.75, 3.05) is 10.6 Å². The molecule has 4 aromatic rings. The number of hydrogen-bond acceptors (Lipinski definition) is 5. The molecule has 0 saturated carbocycles. The van der Waals surface area contributed by atoms with Crippen LogP contribution in [0.4, 0.5) is 15.9 Å². The van der Waals surface area contributed by atoms with Gasteiger partial charge in [0.25, 0.3) is 0 Å². The molecular formula is C23H23FN6O. The Morgan fingerprint density at radius 3 is 2.77 bits per heavy atom. The monoisotopic (exact) mass is 418 g/mol. The Kier molecular flexibility index (Phi) is 5.88. The first-order chi connectivity index (χ1) is 15.0. The molecule has 1 amide bonds. The maximum absolute atomic E-state index is 14.5. The number of nitrogens with one attached hydrogen (secondary N) is 2. The van der Waals surface area contributed by atoms with Gasteiger partial charge in [0.1, 0.15) is 17.2 Å². The van der Waals surface area contributed by atoms with E-state index in [1.165, 1.54) is 6.07 Å². The van der Waals surface area contributed by atoms with Crippen molar-refractivity contribution in [2.45, 2.75) is 32.9 Å². The first-order valence-electron chi connectivity index (χ1n) is 10.1. The summed E-state index contributed by atoms with van der Waals surface area (Å²) in [6.45, 7) is 4.54. The number of nitrogens with zero attached hydrogens (tertiary/aromatic N) is 4. The Balaban J connectivity index is 1.47. The molecule has 2 aromatic heterocycles. The van der Waals surface area contributed by atoms with Crippen LogP contribution in [0.25, 0.3) is 11.2 Å². The van der Waals surface area contributed by atoms with Crippen LogP contribution < -0.4 is 10.6 Å². The fourth-order valence-electron chi connectivity index (χ4n) is 3.32. The Morgan fingerprint density at radius 2 is 2.00 bits per heavy atom. The van der Waals surface area contributed by atoms with E-state index in [0.29, 0.717) is 28.2 Å².